The molecule has 1 N–H and O–H groups in total. The van der Waals surface area contributed by atoms with Gasteiger partial charge in [-0.05, 0) is 17.7 Å². The van der Waals surface area contributed by atoms with Gasteiger partial charge in [0.15, 0.2) is 11.6 Å². The number of nitrogens with zero attached hydrogens (tertiary/aromatic N) is 3. The zero-order chi connectivity index (χ0) is 12.3. The van der Waals surface area contributed by atoms with Crippen LogP contribution in [0.1, 0.15) is 11.3 Å². The molecule has 0 unspecified atom stereocenters. The first kappa shape index (κ1) is 11.7. The molecule has 0 aliphatic rings. The molecule has 1 aromatic heterocycles. The molecule has 90 valence electrons. The van der Waals surface area contributed by atoms with E-state index in [0.717, 1.165) is 12.1 Å². The molecule has 0 amide bonds. The molecule has 17 heavy (non-hydrogen) atoms. The van der Waals surface area contributed by atoms with Gasteiger partial charge >= 0.3 is 0 Å². The quantitative estimate of drug-likeness (QED) is 0.870. The van der Waals surface area contributed by atoms with Gasteiger partial charge in [0.2, 0.25) is 0 Å². The number of benzene rings is 1. The fourth-order valence-corrected chi connectivity index (χ4v) is 1.47. The second-order valence-electron chi connectivity index (χ2n) is 3.63. The Morgan fingerprint density at radius 1 is 1.24 bits per heavy atom. The van der Waals surface area contributed by atoms with E-state index in [9.17, 15) is 8.78 Å². The summed E-state index contributed by atoms with van der Waals surface area (Å²) in [5.41, 5.74) is 1.26. The van der Waals surface area contributed by atoms with Crippen LogP contribution in [0.25, 0.3) is 0 Å². The van der Waals surface area contributed by atoms with Crippen LogP contribution in [0.15, 0.2) is 24.4 Å². The largest absolute Gasteiger partial charge is 0.396 e. The monoisotopic (exact) mass is 239 g/mol. The molecule has 1 aromatic carbocycles. The summed E-state index contributed by atoms with van der Waals surface area (Å²) in [6.07, 6.45) is 2.09. The predicted octanol–water partition coefficient (Wildman–Crippen LogP) is 1.14. The zero-order valence-corrected chi connectivity index (χ0v) is 8.98. The molecule has 0 radical (unpaired) electrons. The summed E-state index contributed by atoms with van der Waals surface area (Å²) in [6, 6.07) is 3.70. The van der Waals surface area contributed by atoms with Gasteiger partial charge < -0.3 is 5.11 Å². The summed E-state index contributed by atoms with van der Waals surface area (Å²) < 4.78 is 27.2. The van der Waals surface area contributed by atoms with Crippen molar-refractivity contribution in [1.29, 1.82) is 0 Å². The van der Waals surface area contributed by atoms with E-state index in [0.29, 0.717) is 24.2 Å². The highest BCUT2D eigenvalue weighted by Gasteiger charge is 2.05. The van der Waals surface area contributed by atoms with Crippen LogP contribution in [0, 0.1) is 11.6 Å². The number of hydrogen-bond donors (Lipinski definition) is 1. The summed E-state index contributed by atoms with van der Waals surface area (Å²) in [7, 11) is 0. The molecule has 0 saturated carbocycles. The van der Waals surface area contributed by atoms with E-state index >= 15 is 0 Å². The van der Waals surface area contributed by atoms with Crippen molar-refractivity contribution in [2.45, 2.75) is 13.0 Å². The molecule has 0 fully saturated rings. The van der Waals surface area contributed by atoms with E-state index in [1.807, 2.05) is 0 Å². The number of halogens is 2. The Hall–Kier alpha value is -1.82. The van der Waals surface area contributed by atoms with Crippen LogP contribution in [-0.4, -0.2) is 26.7 Å². The lowest BCUT2D eigenvalue weighted by Crippen LogP contribution is -2.01. The molecule has 0 aliphatic carbocycles. The first-order valence-corrected chi connectivity index (χ1v) is 5.13. The lowest BCUT2D eigenvalue weighted by Gasteiger charge is -2.01. The molecule has 2 rings (SSSR count). The number of aromatic nitrogens is 3. The Kier molecular flexibility index (Phi) is 3.43. The van der Waals surface area contributed by atoms with Crippen LogP contribution >= 0.6 is 0 Å². The molecule has 0 aliphatic heterocycles. The van der Waals surface area contributed by atoms with Crippen molar-refractivity contribution in [3.05, 3.63) is 47.3 Å². The molecular formula is C11H11F2N3O. The third-order valence-electron chi connectivity index (χ3n) is 2.28. The van der Waals surface area contributed by atoms with Gasteiger partial charge in [-0.2, -0.15) is 0 Å². The van der Waals surface area contributed by atoms with Gasteiger partial charge in [0, 0.05) is 19.2 Å². The van der Waals surface area contributed by atoms with Crippen LogP contribution < -0.4 is 0 Å². The van der Waals surface area contributed by atoms with Crippen molar-refractivity contribution in [2.75, 3.05) is 6.61 Å². The lowest BCUT2D eigenvalue weighted by atomic mass is 10.2. The minimum Gasteiger partial charge on any atom is -0.396 e. The maximum atomic E-state index is 13.0. The van der Waals surface area contributed by atoms with Crippen LogP contribution in [0.3, 0.4) is 0 Å². The standard InChI is InChI=1S/C11H11F2N3O/c12-10-2-1-8(5-11(10)13)6-16-7-9(3-4-17)14-15-16/h1-2,5,7,17H,3-4,6H2. The SMILES string of the molecule is OCCc1cn(Cc2ccc(F)c(F)c2)nn1. The number of rotatable bonds is 4. The maximum absolute atomic E-state index is 13.0. The maximum Gasteiger partial charge on any atom is 0.159 e. The molecule has 0 bridgehead atoms. The fraction of sp³-hybridized carbons (Fsp3) is 0.273. The van der Waals surface area contributed by atoms with Crippen LogP contribution in [-0.2, 0) is 13.0 Å². The van der Waals surface area contributed by atoms with E-state index < -0.39 is 11.6 Å². The Morgan fingerprint density at radius 3 is 2.76 bits per heavy atom. The number of aliphatic hydroxyl groups is 1. The molecule has 0 saturated heterocycles. The van der Waals surface area contributed by atoms with Gasteiger partial charge in [-0.3, -0.25) is 0 Å². The first-order valence-electron chi connectivity index (χ1n) is 5.13. The number of aliphatic hydroxyl groups excluding tert-OH is 1. The molecular weight excluding hydrogens is 228 g/mol. The van der Waals surface area contributed by atoms with Crippen LogP contribution in [0.5, 0.6) is 0 Å². The third-order valence-corrected chi connectivity index (χ3v) is 2.28. The minimum atomic E-state index is -0.877. The zero-order valence-electron chi connectivity index (χ0n) is 8.98. The molecule has 1 heterocycles. The van der Waals surface area contributed by atoms with Crippen molar-refractivity contribution in [1.82, 2.24) is 15.0 Å². The minimum absolute atomic E-state index is 0.00384. The molecule has 0 atom stereocenters. The van der Waals surface area contributed by atoms with Crippen LogP contribution in [0.4, 0.5) is 8.78 Å². The van der Waals surface area contributed by atoms with Gasteiger partial charge in [-0.25, -0.2) is 13.5 Å². The first-order chi connectivity index (χ1) is 8.19. The average molecular weight is 239 g/mol. The van der Waals surface area contributed by atoms with Crippen LogP contribution in [0.2, 0.25) is 0 Å². The number of hydrogen-bond acceptors (Lipinski definition) is 3. The van der Waals surface area contributed by atoms with E-state index in [1.54, 1.807) is 6.20 Å². The molecule has 4 nitrogen and oxygen atoms in total. The second kappa shape index (κ2) is 5.01. The second-order valence-corrected chi connectivity index (χ2v) is 3.63. The fourth-order valence-electron chi connectivity index (χ4n) is 1.47. The van der Waals surface area contributed by atoms with Crippen molar-refractivity contribution < 1.29 is 13.9 Å². The van der Waals surface area contributed by atoms with Gasteiger partial charge in [0.25, 0.3) is 0 Å². The van der Waals surface area contributed by atoms with Crippen molar-refractivity contribution >= 4 is 0 Å². The van der Waals surface area contributed by atoms with E-state index in [-0.39, 0.29) is 6.61 Å². The summed E-state index contributed by atoms with van der Waals surface area (Å²) in [6.45, 7) is 0.319. The van der Waals surface area contributed by atoms with E-state index in [4.69, 9.17) is 5.11 Å². The van der Waals surface area contributed by atoms with Crippen molar-refractivity contribution in [3.8, 4) is 0 Å². The highest BCUT2D eigenvalue weighted by atomic mass is 19.2. The van der Waals surface area contributed by atoms with Crippen molar-refractivity contribution in [3.63, 3.8) is 0 Å². The normalized spacial score (nSPS) is 10.8. The molecule has 2 aromatic rings. The Bertz CT molecular complexity index is 513. The van der Waals surface area contributed by atoms with Gasteiger partial charge in [-0.15, -0.1) is 5.10 Å². The van der Waals surface area contributed by atoms with Gasteiger partial charge in [0.1, 0.15) is 0 Å². The summed E-state index contributed by atoms with van der Waals surface area (Å²) in [4.78, 5) is 0. The highest BCUT2D eigenvalue weighted by Crippen LogP contribution is 2.09. The summed E-state index contributed by atoms with van der Waals surface area (Å²) in [5.74, 6) is -1.74. The Morgan fingerprint density at radius 2 is 2.06 bits per heavy atom. The van der Waals surface area contributed by atoms with E-state index in [2.05, 4.69) is 10.3 Å². The predicted molar refractivity (Wildman–Crippen MR) is 56.3 cm³/mol. The average Bonchev–Trinajstić information content (AvgIpc) is 2.72. The Labute approximate surface area is 96.5 Å². The molecule has 6 heteroatoms. The molecule has 0 spiro atoms. The van der Waals surface area contributed by atoms with Gasteiger partial charge in [0.05, 0.1) is 12.2 Å². The topological polar surface area (TPSA) is 50.9 Å². The summed E-state index contributed by atoms with van der Waals surface area (Å²) in [5, 5.41) is 16.4. The van der Waals surface area contributed by atoms with E-state index in [1.165, 1.54) is 10.7 Å². The third kappa shape index (κ3) is 2.85. The Balaban J connectivity index is 2.11. The van der Waals surface area contributed by atoms with Crippen molar-refractivity contribution in [2.24, 2.45) is 0 Å². The summed E-state index contributed by atoms with van der Waals surface area (Å²) >= 11 is 0. The highest BCUT2D eigenvalue weighted by molar-refractivity contribution is 5.18. The lowest BCUT2D eigenvalue weighted by molar-refractivity contribution is 0.298. The smallest absolute Gasteiger partial charge is 0.159 e. The van der Waals surface area contributed by atoms with Gasteiger partial charge in [-0.1, -0.05) is 11.3 Å².